The van der Waals surface area contributed by atoms with Crippen molar-refractivity contribution in [2.75, 3.05) is 22.5 Å². The van der Waals surface area contributed by atoms with E-state index in [4.69, 9.17) is 26.7 Å². The Morgan fingerprint density at radius 3 is 1.36 bits per heavy atom. The number of nitrogens with zero attached hydrogens (tertiary/aromatic N) is 10. The summed E-state index contributed by atoms with van der Waals surface area (Å²) in [6.45, 7) is 13.7. The van der Waals surface area contributed by atoms with Gasteiger partial charge in [0.1, 0.15) is 59.0 Å². The number of anilines is 4. The van der Waals surface area contributed by atoms with E-state index in [-0.39, 0.29) is 51.5 Å². The van der Waals surface area contributed by atoms with Crippen molar-refractivity contribution < 1.29 is 50.6 Å². The number of aromatic nitrogens is 6. The van der Waals surface area contributed by atoms with E-state index in [1.807, 2.05) is 62.4 Å². The number of nitrogen functional groups attached to an aromatic ring is 3. The van der Waals surface area contributed by atoms with Crippen molar-refractivity contribution in [2.45, 2.75) is 101 Å². The van der Waals surface area contributed by atoms with Crippen molar-refractivity contribution in [1.29, 1.82) is 0 Å². The second-order valence-electron chi connectivity index (χ2n) is 21.0. The van der Waals surface area contributed by atoms with Crippen LogP contribution in [0.4, 0.5) is 55.6 Å². The van der Waals surface area contributed by atoms with Crippen molar-refractivity contribution in [3.8, 4) is 0 Å². The number of amides is 3. The minimum atomic E-state index is -3.92. The number of aryl methyl sites for hydroxylation is 2. The first-order valence-electron chi connectivity index (χ1n) is 26.4. The molecule has 0 aliphatic carbocycles. The van der Waals surface area contributed by atoms with Gasteiger partial charge in [0, 0.05) is 25.2 Å². The predicted octanol–water partition coefficient (Wildman–Crippen LogP) is 9.51. The second kappa shape index (κ2) is 28.9. The molecule has 87 heavy (non-hydrogen) atoms. The van der Waals surface area contributed by atoms with Crippen molar-refractivity contribution in [1.82, 2.24) is 38.5 Å². The van der Waals surface area contributed by atoms with E-state index in [0.717, 1.165) is 37.4 Å². The Kier molecular flexibility index (Phi) is 21.8. The van der Waals surface area contributed by atoms with Gasteiger partial charge in [-0.3, -0.25) is 4.79 Å². The van der Waals surface area contributed by atoms with Crippen molar-refractivity contribution in [2.24, 2.45) is 20.5 Å². The highest BCUT2D eigenvalue weighted by Gasteiger charge is 2.29. The number of alkyl carbamates (subject to hydrolysis) is 2. The first kappa shape index (κ1) is 65.7. The molecule has 0 spiro atoms. The van der Waals surface area contributed by atoms with Gasteiger partial charge in [0.15, 0.2) is 11.6 Å². The Balaban J connectivity index is 0.000000233. The molecule has 0 aliphatic heterocycles. The number of ether oxygens (including phenoxy) is 2. The molecule has 4 heterocycles. The lowest BCUT2D eigenvalue weighted by molar-refractivity contribution is -0.139. The Labute approximate surface area is 502 Å². The molecule has 8 rings (SSSR count). The van der Waals surface area contributed by atoms with Crippen molar-refractivity contribution >= 4 is 90.1 Å². The average molecular weight is 1230 g/mol. The molecule has 27 nitrogen and oxygen atoms in total. The Hall–Kier alpha value is -10.4. The largest absolute Gasteiger partial charge is 0.480 e. The SMILES string of the molecule is Cc1ccc(S(=O)(=O)n2cnc(C[C@H](NC(=O)OC(C)(C)C)C(=O)Nc3ccc(N=Nc4ccccc4)c(N)n3)c2)cc1.Cc1ccc(S(=O)(=O)n2cnc(C[C@H](NC(=O)OC(C)(C)C)C(=O)O)c2)cc1.Nc1ccc(N=Nc2ccccc2)c(N)n1. The monoisotopic (exact) mass is 1230 g/mol. The van der Waals surface area contributed by atoms with Crippen LogP contribution < -0.4 is 33.2 Å². The van der Waals surface area contributed by atoms with Gasteiger partial charge in [-0.15, -0.1) is 10.2 Å². The molecule has 0 bridgehead atoms. The predicted molar refractivity (Wildman–Crippen MR) is 325 cm³/mol. The van der Waals surface area contributed by atoms with Gasteiger partial charge in [-0.05, 0) is 128 Å². The average Bonchev–Trinajstić information content (AvgIpc) is 4.24. The zero-order valence-corrected chi connectivity index (χ0v) is 50.3. The summed E-state index contributed by atoms with van der Waals surface area (Å²) in [6, 6.07) is 35.0. The number of nitrogens with two attached hydrogens (primary N) is 3. The molecule has 456 valence electrons. The lowest BCUT2D eigenvalue weighted by Crippen LogP contribution is -2.47. The first-order chi connectivity index (χ1) is 40.9. The number of pyridine rings is 2. The Morgan fingerprint density at radius 1 is 0.552 bits per heavy atom. The van der Waals surface area contributed by atoms with Crippen LogP contribution in [0.3, 0.4) is 0 Å². The van der Waals surface area contributed by atoms with Crippen LogP contribution in [0.15, 0.2) is 189 Å². The van der Waals surface area contributed by atoms with Crippen LogP contribution in [0.5, 0.6) is 0 Å². The van der Waals surface area contributed by atoms with E-state index in [1.165, 1.54) is 48.8 Å². The number of carboxylic acid groups (broad SMARTS) is 1. The van der Waals surface area contributed by atoms with E-state index in [2.05, 4.69) is 56.3 Å². The number of carboxylic acids is 1. The standard InChI is InChI=1S/C29H32N8O5S.C18H23N3O6S.C11H11N5/c1-19-10-12-22(13-11-19)43(40,41)37-17-21(31-18-37)16-24(32-28(39)42-29(2,3)4)27(38)34-25-15-14-23(26(30)33-25)36-35-20-8-6-5-7-9-20;1-12-5-7-14(8-6-12)28(25,26)21-10-13(19-11-21)9-15(16(22)23)20-17(24)27-18(2,3)4;12-10-7-6-9(11(13)14-10)16-15-8-4-2-1-3-5-8/h5-15,17-18,24H,16H2,1-4H3,(H,32,39)(H3,30,33,34,38);5-8,10-11,15H,9H2,1-4H3,(H,20,24)(H,22,23);1-7H,(H4,12,13,14)/t24-;15-;/m00./s1. The molecule has 0 saturated carbocycles. The van der Waals surface area contributed by atoms with Gasteiger partial charge >= 0.3 is 18.2 Å². The summed E-state index contributed by atoms with van der Waals surface area (Å²) in [5, 5.41) is 33.0. The zero-order valence-electron chi connectivity index (χ0n) is 48.6. The van der Waals surface area contributed by atoms with Gasteiger partial charge in [-0.25, -0.2) is 59.1 Å². The number of aliphatic carboxylic acids is 1. The third-order valence-corrected chi connectivity index (χ3v) is 14.6. The number of carbonyl (C=O) groups excluding carboxylic acids is 3. The van der Waals surface area contributed by atoms with E-state index in [0.29, 0.717) is 22.9 Å². The van der Waals surface area contributed by atoms with Gasteiger partial charge < -0.3 is 47.7 Å². The van der Waals surface area contributed by atoms with Crippen LogP contribution >= 0.6 is 0 Å². The summed E-state index contributed by atoms with van der Waals surface area (Å²) in [6.07, 6.45) is 2.66. The third kappa shape index (κ3) is 20.4. The molecule has 29 heteroatoms. The molecule has 0 saturated heterocycles. The number of imidazole rings is 2. The summed E-state index contributed by atoms with van der Waals surface area (Å²) >= 11 is 0. The molecule has 3 amide bonds. The fourth-order valence-electron chi connectivity index (χ4n) is 7.17. The highest BCUT2D eigenvalue weighted by atomic mass is 32.2. The van der Waals surface area contributed by atoms with Crippen LogP contribution in [0.1, 0.15) is 64.1 Å². The number of azo groups is 2. The molecule has 4 aromatic carbocycles. The number of hydrogen-bond donors (Lipinski definition) is 7. The summed E-state index contributed by atoms with van der Waals surface area (Å²) in [4.78, 5) is 65.5. The molecular weight excluding hydrogens is 1160 g/mol. The quantitative estimate of drug-likeness (QED) is 0.0417. The fraction of sp³-hybridized carbons (Fsp3) is 0.241. The molecule has 0 fully saturated rings. The normalized spacial score (nSPS) is 12.4. The van der Waals surface area contributed by atoms with Crippen molar-refractivity contribution in [3.63, 3.8) is 0 Å². The molecule has 0 unspecified atom stereocenters. The smallest absolute Gasteiger partial charge is 0.408 e. The number of rotatable bonds is 17. The van der Waals surface area contributed by atoms with Crippen molar-refractivity contribution in [3.05, 3.63) is 181 Å². The van der Waals surface area contributed by atoms with E-state index in [1.54, 1.807) is 90.1 Å². The lowest BCUT2D eigenvalue weighted by Gasteiger charge is -2.23. The number of carbonyl (C=O) groups is 4. The molecule has 0 aliphatic rings. The second-order valence-corrected chi connectivity index (χ2v) is 24.7. The molecule has 10 N–H and O–H groups in total. The maximum atomic E-state index is 13.3. The Bertz CT molecular complexity index is 3960. The zero-order chi connectivity index (χ0) is 63.7. The van der Waals surface area contributed by atoms with Gasteiger partial charge in [0.05, 0.1) is 32.6 Å². The molecular formula is C58H66N16O11S2. The molecule has 0 radical (unpaired) electrons. The van der Waals surface area contributed by atoms with Gasteiger partial charge in [-0.2, -0.15) is 10.2 Å². The summed E-state index contributed by atoms with van der Waals surface area (Å²) in [5.41, 5.74) is 20.0. The van der Waals surface area contributed by atoms with Crippen LogP contribution in [0.25, 0.3) is 0 Å². The number of nitrogens with one attached hydrogen (secondary N) is 3. The van der Waals surface area contributed by atoms with Crippen LogP contribution in [-0.4, -0.2) is 97.2 Å². The van der Waals surface area contributed by atoms with E-state index >= 15 is 0 Å². The number of hydrogen-bond acceptors (Lipinski definition) is 21. The van der Waals surface area contributed by atoms with Crippen LogP contribution in [-0.2, 0) is 52.0 Å². The lowest BCUT2D eigenvalue weighted by atomic mass is 10.1. The number of benzene rings is 4. The molecule has 4 aromatic heterocycles. The summed E-state index contributed by atoms with van der Waals surface area (Å²) < 4.78 is 63.6. The van der Waals surface area contributed by atoms with E-state index < -0.39 is 67.4 Å². The van der Waals surface area contributed by atoms with E-state index in [9.17, 15) is 41.1 Å². The minimum Gasteiger partial charge on any atom is -0.480 e. The Morgan fingerprint density at radius 2 is 0.954 bits per heavy atom. The highest BCUT2D eigenvalue weighted by molar-refractivity contribution is 7.90. The minimum absolute atomic E-state index is 0.0224. The molecule has 2 atom stereocenters. The highest BCUT2D eigenvalue weighted by Crippen LogP contribution is 2.26. The fourth-order valence-corrected chi connectivity index (χ4v) is 9.48. The van der Waals surface area contributed by atoms with Gasteiger partial charge in [0.2, 0.25) is 5.91 Å². The maximum absolute atomic E-state index is 13.3. The molecule has 8 aromatic rings. The topological polar surface area (TPSA) is 400 Å². The third-order valence-electron chi connectivity index (χ3n) is 11.4. The van der Waals surface area contributed by atoms with Gasteiger partial charge in [-0.1, -0.05) is 71.8 Å². The maximum Gasteiger partial charge on any atom is 0.408 e. The van der Waals surface area contributed by atoms with Gasteiger partial charge in [0.25, 0.3) is 20.0 Å². The summed E-state index contributed by atoms with van der Waals surface area (Å²) in [7, 11) is -7.76. The summed E-state index contributed by atoms with van der Waals surface area (Å²) in [5.74, 6) is -1.18. The first-order valence-corrected chi connectivity index (χ1v) is 29.3. The van der Waals surface area contributed by atoms with Crippen LogP contribution in [0, 0.1) is 13.8 Å². The van der Waals surface area contributed by atoms with Crippen LogP contribution in [0.2, 0.25) is 0 Å².